The molecular formula is C30H32ClF3N4O4. The minimum Gasteiger partial charge on any atom is -0.437 e. The van der Waals surface area contributed by atoms with Gasteiger partial charge in [-0.15, -0.1) is 0 Å². The Balaban J connectivity index is 1.51. The highest BCUT2D eigenvalue weighted by molar-refractivity contribution is 6.32. The van der Waals surface area contributed by atoms with Crippen LogP contribution in [0.25, 0.3) is 0 Å². The summed E-state index contributed by atoms with van der Waals surface area (Å²) < 4.78 is 50.7. The number of carbonyl (C=O) groups excluding carboxylic acids is 2. The number of ether oxygens (including phenoxy) is 2. The monoisotopic (exact) mass is 604 g/mol. The van der Waals surface area contributed by atoms with E-state index < -0.39 is 23.7 Å². The molecular weight excluding hydrogens is 573 g/mol. The molecule has 1 aliphatic rings. The molecule has 0 bridgehead atoms. The number of rotatable bonds is 10. The van der Waals surface area contributed by atoms with Gasteiger partial charge in [-0.1, -0.05) is 41.9 Å². The summed E-state index contributed by atoms with van der Waals surface area (Å²) >= 11 is 6.05. The van der Waals surface area contributed by atoms with Gasteiger partial charge in [0.05, 0.1) is 23.8 Å². The molecule has 42 heavy (non-hydrogen) atoms. The van der Waals surface area contributed by atoms with Gasteiger partial charge in [-0.3, -0.25) is 9.59 Å². The largest absolute Gasteiger partial charge is 0.437 e. The van der Waals surface area contributed by atoms with E-state index in [9.17, 15) is 22.8 Å². The maximum Gasteiger partial charge on any atom is 0.416 e. The summed E-state index contributed by atoms with van der Waals surface area (Å²) in [5.41, 5.74) is -0.0595. The molecule has 0 unspecified atom stereocenters. The van der Waals surface area contributed by atoms with E-state index in [1.807, 2.05) is 37.4 Å². The number of piperidine rings is 1. The summed E-state index contributed by atoms with van der Waals surface area (Å²) in [7, 11) is 3.75. The van der Waals surface area contributed by atoms with Crippen molar-refractivity contribution in [1.29, 1.82) is 0 Å². The Morgan fingerprint density at radius 3 is 2.50 bits per heavy atom. The molecule has 8 nitrogen and oxygen atoms in total. The predicted octanol–water partition coefficient (Wildman–Crippen LogP) is 5.41. The SMILES string of the molecule is CN1CCC(N(C)C(=O)[C@@H](COCc2ccccc2)NC(=O)c2cccnc2Oc2ccc(C(F)(F)F)cc2Cl)CC1. The third-order valence-corrected chi connectivity index (χ3v) is 7.36. The summed E-state index contributed by atoms with van der Waals surface area (Å²) in [6.07, 6.45) is -1.61. The lowest BCUT2D eigenvalue weighted by Gasteiger charge is -2.36. The Morgan fingerprint density at radius 2 is 1.83 bits per heavy atom. The van der Waals surface area contributed by atoms with Crippen LogP contribution in [0.1, 0.15) is 34.3 Å². The van der Waals surface area contributed by atoms with E-state index in [1.54, 1.807) is 11.9 Å². The lowest BCUT2D eigenvalue weighted by Crippen LogP contribution is -2.54. The summed E-state index contributed by atoms with van der Waals surface area (Å²) in [5.74, 6) is -1.27. The van der Waals surface area contributed by atoms with E-state index in [-0.39, 0.29) is 47.4 Å². The van der Waals surface area contributed by atoms with Gasteiger partial charge < -0.3 is 24.6 Å². The van der Waals surface area contributed by atoms with Gasteiger partial charge in [0, 0.05) is 19.3 Å². The van der Waals surface area contributed by atoms with E-state index in [4.69, 9.17) is 21.1 Å². The molecule has 0 aliphatic carbocycles. The highest BCUT2D eigenvalue weighted by atomic mass is 35.5. The number of halogens is 4. The van der Waals surface area contributed by atoms with Gasteiger partial charge in [0.2, 0.25) is 11.8 Å². The van der Waals surface area contributed by atoms with Gasteiger partial charge in [-0.25, -0.2) is 4.98 Å². The number of amides is 2. The molecule has 2 aromatic carbocycles. The Morgan fingerprint density at radius 1 is 1.12 bits per heavy atom. The number of nitrogens with one attached hydrogen (secondary N) is 1. The zero-order valence-electron chi connectivity index (χ0n) is 23.2. The van der Waals surface area contributed by atoms with Crippen LogP contribution in [0.4, 0.5) is 13.2 Å². The third-order valence-electron chi connectivity index (χ3n) is 7.06. The zero-order chi connectivity index (χ0) is 30.3. The smallest absolute Gasteiger partial charge is 0.416 e. The van der Waals surface area contributed by atoms with Crippen LogP contribution in [0.2, 0.25) is 5.02 Å². The molecule has 0 radical (unpaired) electrons. The van der Waals surface area contributed by atoms with Crippen molar-refractivity contribution in [2.24, 2.45) is 0 Å². The molecule has 2 amide bonds. The molecule has 1 atom stereocenters. The Hall–Kier alpha value is -3.67. The number of likely N-dealkylation sites (tertiary alicyclic amines) is 1. The number of hydrogen-bond donors (Lipinski definition) is 1. The quantitative estimate of drug-likeness (QED) is 0.333. The van der Waals surface area contributed by atoms with Crippen molar-refractivity contribution in [2.45, 2.75) is 37.7 Å². The lowest BCUT2D eigenvalue weighted by molar-refractivity contribution is -0.138. The Bertz CT molecular complexity index is 1370. The van der Waals surface area contributed by atoms with Gasteiger partial charge in [-0.05, 0) is 68.9 Å². The minimum absolute atomic E-state index is 0.0151. The summed E-state index contributed by atoms with van der Waals surface area (Å²) in [6.45, 7) is 1.86. The van der Waals surface area contributed by atoms with Crippen LogP contribution >= 0.6 is 11.6 Å². The number of hydrogen-bond acceptors (Lipinski definition) is 6. The number of likely N-dealkylation sites (N-methyl/N-ethyl adjacent to an activating group) is 1. The van der Waals surface area contributed by atoms with Crippen LogP contribution in [0.3, 0.4) is 0 Å². The van der Waals surface area contributed by atoms with E-state index in [1.165, 1.54) is 18.3 Å². The average molecular weight is 605 g/mol. The molecule has 1 saturated heterocycles. The number of nitrogens with zero attached hydrogens (tertiary/aromatic N) is 3. The van der Waals surface area contributed by atoms with Crippen molar-refractivity contribution in [3.63, 3.8) is 0 Å². The highest BCUT2D eigenvalue weighted by Gasteiger charge is 2.32. The molecule has 0 spiro atoms. The van der Waals surface area contributed by atoms with Crippen LogP contribution in [-0.4, -0.2) is 72.5 Å². The van der Waals surface area contributed by atoms with Crippen molar-refractivity contribution in [1.82, 2.24) is 20.1 Å². The van der Waals surface area contributed by atoms with Crippen molar-refractivity contribution in [3.8, 4) is 11.6 Å². The number of pyridine rings is 1. The van der Waals surface area contributed by atoms with E-state index in [0.717, 1.165) is 49.7 Å². The fraction of sp³-hybridized carbons (Fsp3) is 0.367. The number of carbonyl (C=O) groups is 2. The molecule has 1 N–H and O–H groups in total. The summed E-state index contributed by atoms with van der Waals surface area (Å²) in [5, 5.41) is 2.45. The maximum atomic E-state index is 13.6. The van der Waals surface area contributed by atoms with Crippen molar-refractivity contribution >= 4 is 23.4 Å². The summed E-state index contributed by atoms with van der Waals surface area (Å²) in [4.78, 5) is 35.0. The first-order chi connectivity index (χ1) is 20.0. The number of benzene rings is 2. The van der Waals surface area contributed by atoms with Crippen LogP contribution in [0.15, 0.2) is 66.9 Å². The van der Waals surface area contributed by atoms with Crippen LogP contribution in [0.5, 0.6) is 11.6 Å². The first-order valence-corrected chi connectivity index (χ1v) is 13.8. The lowest BCUT2D eigenvalue weighted by atomic mass is 10.0. The van der Waals surface area contributed by atoms with Crippen molar-refractivity contribution in [3.05, 3.63) is 88.6 Å². The number of alkyl halides is 3. The van der Waals surface area contributed by atoms with Gasteiger partial charge in [0.25, 0.3) is 5.91 Å². The molecule has 1 aromatic heterocycles. The first kappa shape index (κ1) is 31.3. The molecule has 12 heteroatoms. The molecule has 2 heterocycles. The molecule has 224 valence electrons. The summed E-state index contributed by atoms with van der Waals surface area (Å²) in [6, 6.07) is 14.0. The maximum absolute atomic E-state index is 13.6. The van der Waals surface area contributed by atoms with E-state index in [0.29, 0.717) is 0 Å². The minimum atomic E-state index is -4.58. The van der Waals surface area contributed by atoms with E-state index >= 15 is 0 Å². The van der Waals surface area contributed by atoms with Crippen LogP contribution in [0, 0.1) is 0 Å². The third kappa shape index (κ3) is 8.21. The molecule has 0 saturated carbocycles. The standard InChI is InChI=1S/C30H32ClF3N4O4/c1-37-15-12-22(13-16-37)38(2)29(40)25(19-41-18-20-7-4-3-5-8-20)36-27(39)23-9-6-14-35-28(23)42-26-11-10-21(17-24(26)31)30(32,33)34/h3-11,14,17,22,25H,12-13,15-16,18-19H2,1-2H3,(H,36,39)/t25-/m1/s1. The second-order valence-electron chi connectivity index (χ2n) is 10.1. The average Bonchev–Trinajstić information content (AvgIpc) is 2.97. The topological polar surface area (TPSA) is 84.0 Å². The fourth-order valence-electron chi connectivity index (χ4n) is 4.60. The zero-order valence-corrected chi connectivity index (χ0v) is 24.0. The molecule has 1 aliphatic heterocycles. The second kappa shape index (κ2) is 14.0. The second-order valence-corrected chi connectivity index (χ2v) is 10.5. The first-order valence-electron chi connectivity index (χ1n) is 13.4. The van der Waals surface area contributed by atoms with Crippen molar-refractivity contribution < 1.29 is 32.2 Å². The van der Waals surface area contributed by atoms with Gasteiger partial charge in [0.15, 0.2) is 0 Å². The Labute approximate surface area is 247 Å². The molecule has 4 rings (SSSR count). The van der Waals surface area contributed by atoms with Crippen LogP contribution in [-0.2, 0) is 22.3 Å². The highest BCUT2D eigenvalue weighted by Crippen LogP contribution is 2.36. The Kier molecular flexibility index (Phi) is 10.4. The van der Waals surface area contributed by atoms with Gasteiger partial charge in [0.1, 0.15) is 17.4 Å². The predicted molar refractivity (Wildman–Crippen MR) is 151 cm³/mol. The fourth-order valence-corrected chi connectivity index (χ4v) is 4.82. The number of aromatic nitrogens is 1. The molecule has 1 fully saturated rings. The van der Waals surface area contributed by atoms with Crippen LogP contribution < -0.4 is 10.1 Å². The van der Waals surface area contributed by atoms with Gasteiger partial charge in [-0.2, -0.15) is 13.2 Å². The molecule has 3 aromatic rings. The normalized spacial score (nSPS) is 15.2. The van der Waals surface area contributed by atoms with Crippen molar-refractivity contribution in [2.75, 3.05) is 33.8 Å². The van der Waals surface area contributed by atoms with E-state index in [2.05, 4.69) is 15.2 Å². The van der Waals surface area contributed by atoms with Gasteiger partial charge >= 0.3 is 6.18 Å².